The minimum Gasteiger partial charge on any atom is -0.495 e. The summed E-state index contributed by atoms with van der Waals surface area (Å²) in [4.78, 5) is 15.6. The first-order valence-electron chi connectivity index (χ1n) is 6.25. The molecule has 0 N–H and O–H groups in total. The van der Waals surface area contributed by atoms with Crippen LogP contribution >= 0.6 is 39.7 Å². The summed E-state index contributed by atoms with van der Waals surface area (Å²) in [6.07, 6.45) is 1.74. The van der Waals surface area contributed by atoms with E-state index in [4.69, 9.17) is 28.6 Å². The average Bonchev–Trinajstić information content (AvgIpc) is 2.62. The number of amides is 1. The minimum absolute atomic E-state index is 0.122. The van der Waals surface area contributed by atoms with E-state index in [2.05, 4.69) is 15.9 Å². The lowest BCUT2D eigenvalue weighted by Gasteiger charge is -2.14. The van der Waals surface area contributed by atoms with Gasteiger partial charge in [-0.3, -0.25) is 9.69 Å². The van der Waals surface area contributed by atoms with Gasteiger partial charge in [-0.2, -0.15) is 0 Å². The number of thiocarbonyl (C=S) groups is 1. The molecule has 7 heteroatoms. The zero-order valence-corrected chi connectivity index (χ0v) is 15.0. The number of carbonyl (C=O) groups is 1. The second-order valence-electron chi connectivity index (χ2n) is 4.43. The summed E-state index contributed by atoms with van der Waals surface area (Å²) in [6, 6.07) is 3.59. The van der Waals surface area contributed by atoms with Gasteiger partial charge in [-0.15, -0.1) is 0 Å². The minimum atomic E-state index is -0.122. The third-order valence-corrected chi connectivity index (χ3v) is 4.43. The molecule has 0 aliphatic carbocycles. The van der Waals surface area contributed by atoms with Gasteiger partial charge in [0.15, 0.2) is 5.11 Å². The molecule has 1 aromatic rings. The van der Waals surface area contributed by atoms with E-state index in [1.807, 2.05) is 13.0 Å². The number of rotatable bonds is 3. The molecule has 1 fully saturated rings. The average molecular weight is 390 g/mol. The van der Waals surface area contributed by atoms with Crippen LogP contribution in [0.5, 0.6) is 5.75 Å². The third-order valence-electron chi connectivity index (χ3n) is 3.19. The van der Waals surface area contributed by atoms with E-state index >= 15 is 0 Å². The van der Waals surface area contributed by atoms with Gasteiger partial charge in [-0.25, -0.2) is 0 Å². The van der Waals surface area contributed by atoms with Crippen molar-refractivity contribution in [2.24, 2.45) is 0 Å². The molecule has 0 atom stereocenters. The van der Waals surface area contributed by atoms with Crippen molar-refractivity contribution >= 4 is 56.8 Å². The maximum atomic E-state index is 12.4. The number of hydrogen-bond acceptors (Lipinski definition) is 3. The molecule has 1 amide bonds. The van der Waals surface area contributed by atoms with Crippen LogP contribution in [0.2, 0.25) is 5.02 Å². The number of carbonyl (C=O) groups excluding carboxylic acids is 1. The fourth-order valence-corrected chi connectivity index (χ4v) is 3.36. The molecule has 4 nitrogen and oxygen atoms in total. The molecular formula is C14H14BrClN2O2S. The van der Waals surface area contributed by atoms with Crippen LogP contribution in [0.25, 0.3) is 6.08 Å². The first kappa shape index (κ1) is 16.3. The van der Waals surface area contributed by atoms with Gasteiger partial charge >= 0.3 is 0 Å². The van der Waals surface area contributed by atoms with E-state index in [9.17, 15) is 4.79 Å². The molecule has 0 radical (unpaired) electrons. The maximum Gasteiger partial charge on any atom is 0.276 e. The molecule has 2 rings (SSSR count). The van der Waals surface area contributed by atoms with Crippen LogP contribution in [-0.2, 0) is 4.79 Å². The van der Waals surface area contributed by atoms with Gasteiger partial charge in [0.05, 0.1) is 12.1 Å². The zero-order valence-electron chi connectivity index (χ0n) is 11.8. The standard InChI is InChI=1S/C14H14BrClN2O2S/c1-4-18-13(19)11(17(2)14(18)21)6-8-5-9(15)7-10(16)12(8)20-3/h5-7H,4H2,1-3H3/b11-6-. The SMILES string of the molecule is CCN1C(=O)/C(=C/c2cc(Br)cc(Cl)c2OC)N(C)C1=S. The van der Waals surface area contributed by atoms with E-state index in [0.717, 1.165) is 4.47 Å². The largest absolute Gasteiger partial charge is 0.495 e. The van der Waals surface area contributed by atoms with Crippen molar-refractivity contribution in [3.63, 3.8) is 0 Å². The van der Waals surface area contributed by atoms with Crippen LogP contribution in [0.15, 0.2) is 22.3 Å². The predicted molar refractivity (Wildman–Crippen MR) is 91.4 cm³/mol. The second-order valence-corrected chi connectivity index (χ2v) is 6.12. The summed E-state index contributed by atoms with van der Waals surface area (Å²) in [5.74, 6) is 0.401. The number of hydrogen-bond donors (Lipinski definition) is 0. The number of ether oxygens (including phenoxy) is 1. The van der Waals surface area contributed by atoms with Crippen molar-refractivity contribution in [3.05, 3.63) is 32.9 Å². The van der Waals surface area contributed by atoms with Crippen molar-refractivity contribution < 1.29 is 9.53 Å². The highest BCUT2D eigenvalue weighted by Crippen LogP contribution is 2.34. The lowest BCUT2D eigenvalue weighted by molar-refractivity contribution is -0.122. The highest BCUT2D eigenvalue weighted by Gasteiger charge is 2.34. The van der Waals surface area contributed by atoms with E-state index in [1.54, 1.807) is 36.1 Å². The summed E-state index contributed by atoms with van der Waals surface area (Å²) in [7, 11) is 3.31. The van der Waals surface area contributed by atoms with Gasteiger partial charge in [-0.1, -0.05) is 27.5 Å². The molecule has 1 saturated heterocycles. The smallest absolute Gasteiger partial charge is 0.276 e. The molecule has 1 aliphatic heterocycles. The Kier molecular flexibility index (Phi) is 4.91. The van der Waals surface area contributed by atoms with Crippen LogP contribution in [0, 0.1) is 0 Å². The first-order valence-corrected chi connectivity index (χ1v) is 7.82. The van der Waals surface area contributed by atoms with Crippen LogP contribution in [-0.4, -0.2) is 41.5 Å². The Hall–Kier alpha value is -1.11. The third kappa shape index (κ3) is 2.93. The number of benzene rings is 1. The highest BCUT2D eigenvalue weighted by atomic mass is 79.9. The van der Waals surface area contributed by atoms with Crippen LogP contribution < -0.4 is 4.74 Å². The Labute approximate surface area is 142 Å². The highest BCUT2D eigenvalue weighted by molar-refractivity contribution is 9.10. The molecule has 0 spiro atoms. The maximum absolute atomic E-state index is 12.4. The molecule has 112 valence electrons. The molecule has 1 heterocycles. The molecule has 21 heavy (non-hydrogen) atoms. The van der Waals surface area contributed by atoms with Gasteiger partial charge in [0.2, 0.25) is 0 Å². The Morgan fingerprint density at radius 2 is 2.14 bits per heavy atom. The lowest BCUT2D eigenvalue weighted by Crippen LogP contribution is -2.30. The van der Waals surface area contributed by atoms with Gasteiger partial charge in [0.25, 0.3) is 5.91 Å². The zero-order chi connectivity index (χ0) is 15.7. The summed E-state index contributed by atoms with van der Waals surface area (Å²) in [6.45, 7) is 2.42. The molecule has 0 bridgehead atoms. The number of halogens is 2. The predicted octanol–water partition coefficient (Wildman–Crippen LogP) is 3.53. The van der Waals surface area contributed by atoms with Crippen molar-refractivity contribution in [2.75, 3.05) is 20.7 Å². The second kappa shape index (κ2) is 6.34. The van der Waals surface area contributed by atoms with Gasteiger partial charge in [0.1, 0.15) is 11.4 Å². The summed E-state index contributed by atoms with van der Waals surface area (Å²) in [5.41, 5.74) is 1.21. The van der Waals surface area contributed by atoms with Crippen LogP contribution in [0.3, 0.4) is 0 Å². The molecule has 1 aromatic carbocycles. The van der Waals surface area contributed by atoms with Gasteiger partial charge in [0, 0.05) is 23.6 Å². The van der Waals surface area contributed by atoms with Gasteiger partial charge < -0.3 is 9.64 Å². The van der Waals surface area contributed by atoms with Gasteiger partial charge in [-0.05, 0) is 37.4 Å². The Bertz CT molecular complexity index is 648. The normalized spacial score (nSPS) is 17.1. The van der Waals surface area contributed by atoms with E-state index in [0.29, 0.717) is 33.7 Å². The summed E-state index contributed by atoms with van der Waals surface area (Å²) < 4.78 is 6.13. The molecule has 0 aromatic heterocycles. The Morgan fingerprint density at radius 1 is 1.48 bits per heavy atom. The molecule has 0 unspecified atom stereocenters. The Morgan fingerprint density at radius 3 is 2.67 bits per heavy atom. The van der Waals surface area contributed by atoms with Crippen molar-refractivity contribution in [1.29, 1.82) is 0 Å². The van der Waals surface area contributed by atoms with Crippen LogP contribution in [0.1, 0.15) is 12.5 Å². The number of nitrogens with zero attached hydrogens (tertiary/aromatic N) is 2. The van der Waals surface area contributed by atoms with E-state index < -0.39 is 0 Å². The monoisotopic (exact) mass is 388 g/mol. The van der Waals surface area contributed by atoms with Crippen molar-refractivity contribution in [3.8, 4) is 5.75 Å². The van der Waals surface area contributed by atoms with E-state index in [-0.39, 0.29) is 5.91 Å². The summed E-state index contributed by atoms with van der Waals surface area (Å²) in [5, 5.41) is 0.968. The fraction of sp³-hybridized carbons (Fsp3) is 0.286. The van der Waals surface area contributed by atoms with Crippen molar-refractivity contribution in [1.82, 2.24) is 9.80 Å². The van der Waals surface area contributed by atoms with E-state index in [1.165, 1.54) is 0 Å². The first-order chi connectivity index (χ1) is 9.90. The fourth-order valence-electron chi connectivity index (χ4n) is 2.14. The number of methoxy groups -OCH3 is 1. The topological polar surface area (TPSA) is 32.8 Å². The Balaban J connectivity index is 2.54. The lowest BCUT2D eigenvalue weighted by atomic mass is 10.1. The molecule has 0 saturated carbocycles. The molecular weight excluding hydrogens is 376 g/mol. The summed E-state index contributed by atoms with van der Waals surface area (Å²) >= 11 is 14.8. The van der Waals surface area contributed by atoms with Crippen molar-refractivity contribution in [2.45, 2.75) is 6.92 Å². The number of likely N-dealkylation sites (N-methyl/N-ethyl adjacent to an activating group) is 2. The quantitative estimate of drug-likeness (QED) is 0.585. The van der Waals surface area contributed by atoms with Crippen LogP contribution in [0.4, 0.5) is 0 Å². The molecule has 1 aliphatic rings.